The molecule has 3 rings (SSSR count). The number of nitrogens with one attached hydrogen (secondary N) is 2. The first-order valence-corrected chi connectivity index (χ1v) is 14.1. The molecular formula is C29H45N5O5. The van der Waals surface area contributed by atoms with Crippen LogP contribution >= 0.6 is 0 Å². The van der Waals surface area contributed by atoms with Crippen molar-refractivity contribution in [1.29, 1.82) is 0 Å². The van der Waals surface area contributed by atoms with Crippen LogP contribution in [0, 0.1) is 0 Å². The van der Waals surface area contributed by atoms with Crippen molar-refractivity contribution in [2.24, 2.45) is 5.73 Å². The number of piperidine rings is 2. The summed E-state index contributed by atoms with van der Waals surface area (Å²) >= 11 is 0. The van der Waals surface area contributed by atoms with Gasteiger partial charge < -0.3 is 26.0 Å². The van der Waals surface area contributed by atoms with Crippen molar-refractivity contribution in [3.8, 4) is 0 Å². The van der Waals surface area contributed by atoms with Gasteiger partial charge in [-0.05, 0) is 83.8 Å². The van der Waals surface area contributed by atoms with E-state index in [1.54, 1.807) is 20.8 Å². The highest BCUT2D eigenvalue weighted by atomic mass is 16.6. The quantitative estimate of drug-likeness (QED) is 0.485. The Morgan fingerprint density at radius 1 is 1.05 bits per heavy atom. The topological polar surface area (TPSA) is 134 Å². The van der Waals surface area contributed by atoms with E-state index in [9.17, 15) is 19.2 Å². The molecule has 2 aliphatic heterocycles. The van der Waals surface area contributed by atoms with Crippen LogP contribution in [0.5, 0.6) is 0 Å². The van der Waals surface area contributed by atoms with Crippen LogP contribution in [0.25, 0.3) is 0 Å². The molecule has 1 aromatic carbocycles. The Balaban J connectivity index is 1.62. The fraction of sp³-hybridized carbons (Fsp3) is 0.655. The van der Waals surface area contributed by atoms with Crippen LogP contribution in [0.1, 0.15) is 83.8 Å². The fourth-order valence-electron chi connectivity index (χ4n) is 5.40. The van der Waals surface area contributed by atoms with Crippen molar-refractivity contribution in [3.63, 3.8) is 0 Å². The smallest absolute Gasteiger partial charge is 0.411 e. The first kappa shape index (κ1) is 30.2. The summed E-state index contributed by atoms with van der Waals surface area (Å²) in [7, 11) is 0. The van der Waals surface area contributed by atoms with Crippen LogP contribution in [0.15, 0.2) is 24.3 Å². The van der Waals surface area contributed by atoms with Crippen LogP contribution in [-0.2, 0) is 20.7 Å². The third-order valence-corrected chi connectivity index (χ3v) is 7.48. The third kappa shape index (κ3) is 8.34. The number of urea groups is 1. The molecule has 10 nitrogen and oxygen atoms in total. The number of carbonyl (C=O) groups excluding carboxylic acids is 4. The van der Waals surface area contributed by atoms with Gasteiger partial charge in [-0.15, -0.1) is 0 Å². The van der Waals surface area contributed by atoms with Crippen LogP contribution in [0.3, 0.4) is 0 Å². The average Bonchev–Trinajstić information content (AvgIpc) is 2.87. The van der Waals surface area contributed by atoms with E-state index in [-0.39, 0.29) is 18.5 Å². The van der Waals surface area contributed by atoms with Crippen molar-refractivity contribution >= 4 is 23.9 Å². The molecule has 39 heavy (non-hydrogen) atoms. The van der Waals surface area contributed by atoms with Gasteiger partial charge in [-0.3, -0.25) is 14.5 Å². The molecule has 2 fully saturated rings. The first-order valence-electron chi connectivity index (χ1n) is 14.1. The lowest BCUT2D eigenvalue weighted by Crippen LogP contribution is -2.59. The maximum absolute atomic E-state index is 13.3. The molecule has 3 atom stereocenters. The number of nitrogens with two attached hydrogens (primary N) is 1. The summed E-state index contributed by atoms with van der Waals surface area (Å²) in [4.78, 5) is 53.9. The Hall–Kier alpha value is -3.30. The first-order chi connectivity index (χ1) is 18.4. The zero-order valence-electron chi connectivity index (χ0n) is 24.0. The maximum atomic E-state index is 13.3. The van der Waals surface area contributed by atoms with E-state index in [0.29, 0.717) is 32.0 Å². The largest absolute Gasteiger partial charge is 0.444 e. The number of hydrogen-bond donors (Lipinski definition) is 3. The van der Waals surface area contributed by atoms with Gasteiger partial charge in [0.2, 0.25) is 11.8 Å². The summed E-state index contributed by atoms with van der Waals surface area (Å²) in [6.45, 7) is 11.2. The molecule has 4 N–H and O–H groups in total. The highest BCUT2D eigenvalue weighted by Gasteiger charge is 2.39. The predicted octanol–water partition coefficient (Wildman–Crippen LogP) is 3.29. The molecule has 2 saturated heterocycles. The lowest BCUT2D eigenvalue weighted by Gasteiger charge is -2.40. The maximum Gasteiger partial charge on any atom is 0.411 e. The summed E-state index contributed by atoms with van der Waals surface area (Å²) in [5.41, 5.74) is 7.07. The molecule has 0 radical (unpaired) electrons. The number of rotatable bonds is 7. The average molecular weight is 544 g/mol. The summed E-state index contributed by atoms with van der Waals surface area (Å²) in [6, 6.07) is 6.23. The van der Waals surface area contributed by atoms with Crippen LogP contribution in [0.2, 0.25) is 0 Å². The van der Waals surface area contributed by atoms with Gasteiger partial charge in [-0.2, -0.15) is 0 Å². The standard InChI is InChI=1S/C29H45N5O5/c1-6-31-27(37)33-16-14-22(15-17-33)21-12-10-20(11-13-21)18-23(25(30)35)32-26(36)24-9-7-8-19(2)34(24)28(38)39-29(3,4)5/h10-13,19,22-24H,6-9,14-18H2,1-5H3,(H2,30,35)(H,31,37)(H,32,36)/t19-,23-,24-/m0/s1. The Bertz CT molecular complexity index is 1010. The van der Waals surface area contributed by atoms with Gasteiger partial charge in [-0.1, -0.05) is 24.3 Å². The Morgan fingerprint density at radius 2 is 1.69 bits per heavy atom. The molecular weight excluding hydrogens is 498 g/mol. The second kappa shape index (κ2) is 13.2. The monoisotopic (exact) mass is 543 g/mol. The van der Waals surface area contributed by atoms with E-state index in [1.165, 1.54) is 10.5 Å². The number of benzene rings is 1. The zero-order valence-corrected chi connectivity index (χ0v) is 24.0. The van der Waals surface area contributed by atoms with E-state index < -0.39 is 35.6 Å². The Labute approximate surface area is 232 Å². The van der Waals surface area contributed by atoms with Crippen molar-refractivity contribution in [2.45, 2.75) is 103 Å². The van der Waals surface area contributed by atoms with Crippen molar-refractivity contribution < 1.29 is 23.9 Å². The van der Waals surface area contributed by atoms with Gasteiger partial charge >= 0.3 is 12.1 Å². The van der Waals surface area contributed by atoms with Crippen LogP contribution in [-0.4, -0.2) is 77.1 Å². The molecule has 0 bridgehead atoms. The predicted molar refractivity (Wildman–Crippen MR) is 149 cm³/mol. The summed E-state index contributed by atoms with van der Waals surface area (Å²) in [6.07, 6.45) is 3.58. The van der Waals surface area contributed by atoms with Crippen molar-refractivity contribution in [1.82, 2.24) is 20.4 Å². The molecule has 2 aliphatic rings. The summed E-state index contributed by atoms with van der Waals surface area (Å²) in [5.74, 6) is -0.659. The number of carbonyl (C=O) groups is 4. The van der Waals surface area contributed by atoms with Gasteiger partial charge in [0.15, 0.2) is 0 Å². The fourth-order valence-corrected chi connectivity index (χ4v) is 5.40. The number of ether oxygens (including phenoxy) is 1. The molecule has 1 aromatic rings. The number of nitrogens with zero attached hydrogens (tertiary/aromatic N) is 2. The van der Waals surface area contributed by atoms with Gasteiger partial charge in [0.25, 0.3) is 0 Å². The van der Waals surface area contributed by atoms with Gasteiger partial charge in [0.05, 0.1) is 0 Å². The highest BCUT2D eigenvalue weighted by Crippen LogP contribution is 2.29. The molecule has 0 aliphatic carbocycles. The Morgan fingerprint density at radius 3 is 2.26 bits per heavy atom. The summed E-state index contributed by atoms with van der Waals surface area (Å²) in [5, 5.41) is 5.65. The molecule has 216 valence electrons. The van der Waals surface area contributed by atoms with Crippen LogP contribution < -0.4 is 16.4 Å². The van der Waals surface area contributed by atoms with E-state index in [2.05, 4.69) is 22.8 Å². The minimum absolute atomic E-state index is 0.0114. The second-order valence-electron chi connectivity index (χ2n) is 11.7. The zero-order chi connectivity index (χ0) is 28.7. The normalized spacial score (nSPS) is 21.2. The SMILES string of the molecule is CCNC(=O)N1CCC(c2ccc(C[C@H](NC(=O)[C@@H]3CCC[C@H](C)N3C(=O)OC(C)(C)C)C(N)=O)cc2)CC1. The minimum Gasteiger partial charge on any atom is -0.444 e. The van der Waals surface area contributed by atoms with Gasteiger partial charge in [0, 0.05) is 32.1 Å². The Kier molecular flexibility index (Phi) is 10.2. The number of hydrogen-bond acceptors (Lipinski definition) is 5. The van der Waals surface area contributed by atoms with E-state index in [1.807, 2.05) is 30.9 Å². The van der Waals surface area contributed by atoms with E-state index in [0.717, 1.165) is 31.2 Å². The lowest BCUT2D eigenvalue weighted by atomic mass is 9.88. The van der Waals surface area contributed by atoms with Gasteiger partial charge in [-0.25, -0.2) is 9.59 Å². The number of primary amides is 1. The molecule has 5 amide bonds. The van der Waals surface area contributed by atoms with Gasteiger partial charge in [0.1, 0.15) is 17.7 Å². The third-order valence-electron chi connectivity index (χ3n) is 7.48. The van der Waals surface area contributed by atoms with E-state index in [4.69, 9.17) is 10.5 Å². The summed E-state index contributed by atoms with van der Waals surface area (Å²) < 4.78 is 5.56. The molecule has 0 saturated carbocycles. The number of amides is 5. The molecule has 0 aromatic heterocycles. The molecule has 0 spiro atoms. The molecule has 2 heterocycles. The van der Waals surface area contributed by atoms with Crippen LogP contribution in [0.4, 0.5) is 9.59 Å². The molecule has 0 unspecified atom stereocenters. The molecule has 10 heteroatoms. The highest BCUT2D eigenvalue weighted by molar-refractivity contribution is 5.91. The van der Waals surface area contributed by atoms with E-state index >= 15 is 0 Å². The second-order valence-corrected chi connectivity index (χ2v) is 11.7. The van der Waals surface area contributed by atoms with Crippen molar-refractivity contribution in [3.05, 3.63) is 35.4 Å². The lowest BCUT2D eigenvalue weighted by molar-refractivity contribution is -0.132. The van der Waals surface area contributed by atoms with Crippen molar-refractivity contribution in [2.75, 3.05) is 19.6 Å². The minimum atomic E-state index is -0.901. The number of likely N-dealkylation sites (tertiary alicyclic amines) is 2.